The molecule has 0 heterocycles. The van der Waals surface area contributed by atoms with Crippen LogP contribution >= 0.6 is 0 Å². The number of hydrogen-bond acceptors (Lipinski definition) is 2. The van der Waals surface area contributed by atoms with E-state index >= 15 is 0 Å². The van der Waals surface area contributed by atoms with Crippen LogP contribution in [-0.4, -0.2) is 24.9 Å². The molecular formula is C11H16F2N2. The quantitative estimate of drug-likeness (QED) is 0.779. The molecule has 0 aliphatic rings. The van der Waals surface area contributed by atoms with Crippen LogP contribution in [0.2, 0.25) is 0 Å². The Hall–Kier alpha value is -1.16. The highest BCUT2D eigenvalue weighted by Gasteiger charge is 2.09. The molecule has 1 aromatic rings. The first-order valence-corrected chi connectivity index (χ1v) is 4.81. The van der Waals surface area contributed by atoms with Gasteiger partial charge in [0.1, 0.15) is 0 Å². The summed E-state index contributed by atoms with van der Waals surface area (Å²) in [5.74, 6) is 0. The van der Waals surface area contributed by atoms with Crippen LogP contribution in [0.3, 0.4) is 0 Å². The van der Waals surface area contributed by atoms with Crippen molar-refractivity contribution in [3.63, 3.8) is 0 Å². The molecule has 15 heavy (non-hydrogen) atoms. The Morgan fingerprint density at radius 2 is 2.07 bits per heavy atom. The van der Waals surface area contributed by atoms with Gasteiger partial charge in [-0.25, -0.2) is 8.78 Å². The van der Waals surface area contributed by atoms with E-state index in [-0.39, 0.29) is 6.54 Å². The zero-order valence-corrected chi connectivity index (χ0v) is 9.00. The van der Waals surface area contributed by atoms with E-state index in [2.05, 4.69) is 0 Å². The molecule has 0 fully saturated rings. The van der Waals surface area contributed by atoms with E-state index in [1.54, 1.807) is 11.9 Å². The van der Waals surface area contributed by atoms with Gasteiger partial charge in [0.25, 0.3) is 6.43 Å². The van der Waals surface area contributed by atoms with E-state index in [0.29, 0.717) is 12.2 Å². The first kappa shape index (κ1) is 11.9. The molecule has 0 atom stereocenters. The highest BCUT2D eigenvalue weighted by atomic mass is 19.3. The number of benzene rings is 1. The van der Waals surface area contributed by atoms with Crippen LogP contribution < -0.4 is 5.73 Å². The van der Waals surface area contributed by atoms with Gasteiger partial charge in [0, 0.05) is 12.2 Å². The van der Waals surface area contributed by atoms with Crippen LogP contribution in [0.15, 0.2) is 18.2 Å². The molecule has 0 amide bonds. The van der Waals surface area contributed by atoms with Crippen molar-refractivity contribution in [2.24, 2.45) is 0 Å². The lowest BCUT2D eigenvalue weighted by atomic mass is 10.1. The Labute approximate surface area is 88.7 Å². The average Bonchev–Trinajstić information content (AvgIpc) is 2.11. The summed E-state index contributed by atoms with van der Waals surface area (Å²) in [4.78, 5) is 1.59. The third-order valence-electron chi connectivity index (χ3n) is 2.38. The number of nitrogen functional groups attached to an aromatic ring is 1. The molecule has 0 saturated heterocycles. The second kappa shape index (κ2) is 5.07. The van der Waals surface area contributed by atoms with Gasteiger partial charge in [0.2, 0.25) is 0 Å². The van der Waals surface area contributed by atoms with Crippen molar-refractivity contribution in [1.29, 1.82) is 0 Å². The minimum absolute atomic E-state index is 0.214. The average molecular weight is 214 g/mol. The lowest BCUT2D eigenvalue weighted by Gasteiger charge is -2.17. The second-order valence-electron chi connectivity index (χ2n) is 3.72. The van der Waals surface area contributed by atoms with Gasteiger partial charge in [-0.3, -0.25) is 4.90 Å². The SMILES string of the molecule is Cc1c(N)cccc1CN(C)CC(F)F. The maximum Gasteiger partial charge on any atom is 0.251 e. The molecule has 4 heteroatoms. The molecule has 84 valence electrons. The van der Waals surface area contributed by atoms with Crippen molar-refractivity contribution >= 4 is 5.69 Å². The van der Waals surface area contributed by atoms with Crippen molar-refractivity contribution in [3.05, 3.63) is 29.3 Å². The van der Waals surface area contributed by atoms with Crippen LogP contribution in [0.1, 0.15) is 11.1 Å². The number of anilines is 1. The highest BCUT2D eigenvalue weighted by Crippen LogP contribution is 2.17. The molecule has 0 bridgehead atoms. The Bertz CT molecular complexity index is 326. The molecule has 1 aromatic carbocycles. The summed E-state index contributed by atoms with van der Waals surface area (Å²) >= 11 is 0. The molecule has 0 saturated carbocycles. The Morgan fingerprint density at radius 3 is 2.67 bits per heavy atom. The summed E-state index contributed by atoms with van der Waals surface area (Å²) in [6.07, 6.45) is -2.30. The van der Waals surface area contributed by atoms with E-state index in [1.807, 2.05) is 25.1 Å². The van der Waals surface area contributed by atoms with Crippen LogP contribution in [-0.2, 0) is 6.54 Å². The van der Waals surface area contributed by atoms with Crippen LogP contribution in [0.5, 0.6) is 0 Å². The molecule has 0 aromatic heterocycles. The van der Waals surface area contributed by atoms with Gasteiger partial charge in [-0.2, -0.15) is 0 Å². The number of alkyl halides is 2. The van der Waals surface area contributed by atoms with Crippen LogP contribution in [0.4, 0.5) is 14.5 Å². The molecule has 0 aliphatic heterocycles. The number of nitrogens with two attached hydrogens (primary N) is 1. The Morgan fingerprint density at radius 1 is 1.40 bits per heavy atom. The van der Waals surface area contributed by atoms with Crippen molar-refractivity contribution < 1.29 is 8.78 Å². The summed E-state index contributed by atoms with van der Waals surface area (Å²) in [7, 11) is 1.68. The van der Waals surface area contributed by atoms with Crippen molar-refractivity contribution in [3.8, 4) is 0 Å². The Balaban J connectivity index is 2.68. The lowest BCUT2D eigenvalue weighted by Crippen LogP contribution is -2.24. The monoisotopic (exact) mass is 214 g/mol. The third kappa shape index (κ3) is 3.47. The van der Waals surface area contributed by atoms with Gasteiger partial charge < -0.3 is 5.73 Å². The van der Waals surface area contributed by atoms with Crippen LogP contribution in [0, 0.1) is 6.92 Å². The summed E-state index contributed by atoms with van der Waals surface area (Å²) in [6, 6.07) is 5.56. The van der Waals surface area contributed by atoms with E-state index in [0.717, 1.165) is 11.1 Å². The van der Waals surface area contributed by atoms with Gasteiger partial charge in [-0.15, -0.1) is 0 Å². The maximum atomic E-state index is 12.1. The lowest BCUT2D eigenvalue weighted by molar-refractivity contribution is 0.0975. The molecule has 1 rings (SSSR count). The number of rotatable bonds is 4. The largest absolute Gasteiger partial charge is 0.399 e. The van der Waals surface area contributed by atoms with Crippen molar-refractivity contribution in [1.82, 2.24) is 4.90 Å². The second-order valence-corrected chi connectivity index (χ2v) is 3.72. The predicted molar refractivity (Wildman–Crippen MR) is 57.9 cm³/mol. The first-order chi connectivity index (χ1) is 7.00. The molecule has 2 N–H and O–H groups in total. The topological polar surface area (TPSA) is 29.3 Å². The summed E-state index contributed by atoms with van der Waals surface area (Å²) < 4.78 is 24.2. The maximum absolute atomic E-state index is 12.1. The Kier molecular flexibility index (Phi) is 4.03. The van der Waals surface area contributed by atoms with E-state index in [4.69, 9.17) is 5.73 Å². The fourth-order valence-corrected chi connectivity index (χ4v) is 1.47. The van der Waals surface area contributed by atoms with E-state index in [1.165, 1.54) is 0 Å². The standard InChI is InChI=1S/C11H16F2N2/c1-8-9(4-3-5-10(8)14)6-15(2)7-11(12)13/h3-5,11H,6-7,14H2,1-2H3. The smallest absolute Gasteiger partial charge is 0.251 e. The predicted octanol–water partition coefficient (Wildman–Crippen LogP) is 2.27. The summed E-state index contributed by atoms with van der Waals surface area (Å²) in [5.41, 5.74) is 8.41. The molecule has 0 spiro atoms. The fourth-order valence-electron chi connectivity index (χ4n) is 1.47. The molecule has 2 nitrogen and oxygen atoms in total. The normalized spacial score (nSPS) is 11.3. The zero-order valence-electron chi connectivity index (χ0n) is 9.00. The molecule has 0 unspecified atom stereocenters. The molecule has 0 aliphatic carbocycles. The van der Waals surface area contributed by atoms with Gasteiger partial charge in [-0.1, -0.05) is 12.1 Å². The summed E-state index contributed by atoms with van der Waals surface area (Å²) in [6.45, 7) is 2.19. The minimum atomic E-state index is -2.30. The van der Waals surface area contributed by atoms with E-state index in [9.17, 15) is 8.78 Å². The van der Waals surface area contributed by atoms with Gasteiger partial charge in [0.05, 0.1) is 6.54 Å². The van der Waals surface area contributed by atoms with Crippen LogP contribution in [0.25, 0.3) is 0 Å². The third-order valence-corrected chi connectivity index (χ3v) is 2.38. The first-order valence-electron chi connectivity index (χ1n) is 4.81. The zero-order chi connectivity index (χ0) is 11.4. The number of nitrogens with zero attached hydrogens (tertiary/aromatic N) is 1. The van der Waals surface area contributed by atoms with Gasteiger partial charge in [0.15, 0.2) is 0 Å². The fraction of sp³-hybridized carbons (Fsp3) is 0.455. The van der Waals surface area contributed by atoms with Gasteiger partial charge in [-0.05, 0) is 31.2 Å². The van der Waals surface area contributed by atoms with Crippen molar-refractivity contribution in [2.45, 2.75) is 19.9 Å². The van der Waals surface area contributed by atoms with Gasteiger partial charge >= 0.3 is 0 Å². The molecule has 0 radical (unpaired) electrons. The van der Waals surface area contributed by atoms with Crippen molar-refractivity contribution in [2.75, 3.05) is 19.3 Å². The molecular weight excluding hydrogens is 198 g/mol. The summed E-state index contributed by atoms with van der Waals surface area (Å²) in [5, 5.41) is 0. The number of halogens is 2. The number of hydrogen-bond donors (Lipinski definition) is 1. The minimum Gasteiger partial charge on any atom is -0.399 e. The highest BCUT2D eigenvalue weighted by molar-refractivity contribution is 5.49. The van der Waals surface area contributed by atoms with E-state index < -0.39 is 6.43 Å².